The zero-order chi connectivity index (χ0) is 25.2. The molecule has 35 heavy (non-hydrogen) atoms. The zero-order valence-electron chi connectivity index (χ0n) is 21.2. The number of carbonyl (C=O) groups is 1. The van der Waals surface area contributed by atoms with Crippen molar-refractivity contribution < 1.29 is 14.6 Å². The van der Waals surface area contributed by atoms with Crippen LogP contribution in [-0.2, 0) is 12.0 Å². The summed E-state index contributed by atoms with van der Waals surface area (Å²) in [6, 6.07) is 11.9. The lowest BCUT2D eigenvalue weighted by atomic mass is 9.86. The van der Waals surface area contributed by atoms with Gasteiger partial charge in [-0.2, -0.15) is 0 Å². The molecular weight excluding hydrogens is 442 g/mol. The molecule has 186 valence electrons. The first-order valence-corrected chi connectivity index (χ1v) is 12.0. The first-order chi connectivity index (χ1) is 16.6. The van der Waals surface area contributed by atoms with E-state index in [1.807, 2.05) is 17.7 Å². The molecule has 2 aromatic heterocycles. The number of rotatable bonds is 6. The van der Waals surface area contributed by atoms with Crippen molar-refractivity contribution >= 4 is 5.91 Å². The number of benzene rings is 1. The molecule has 0 aliphatic carbocycles. The summed E-state index contributed by atoms with van der Waals surface area (Å²) < 4.78 is 7.24. The van der Waals surface area contributed by atoms with E-state index < -0.39 is 6.10 Å². The molecule has 3 aromatic rings. The van der Waals surface area contributed by atoms with E-state index in [9.17, 15) is 9.90 Å². The van der Waals surface area contributed by atoms with Crippen molar-refractivity contribution in [2.75, 3.05) is 20.2 Å². The lowest BCUT2D eigenvalue weighted by Crippen LogP contribution is -2.52. The Morgan fingerprint density at radius 1 is 1.17 bits per heavy atom. The van der Waals surface area contributed by atoms with Crippen molar-refractivity contribution in [2.45, 2.75) is 58.2 Å². The second-order valence-electron chi connectivity index (χ2n) is 10.3. The number of pyridine rings is 1. The summed E-state index contributed by atoms with van der Waals surface area (Å²) in [5, 5.41) is 13.5. The number of ether oxygens (including phenoxy) is 1. The zero-order valence-corrected chi connectivity index (χ0v) is 21.2. The van der Waals surface area contributed by atoms with Crippen LogP contribution in [0.3, 0.4) is 0 Å². The topological polar surface area (TPSA) is 92.5 Å². The summed E-state index contributed by atoms with van der Waals surface area (Å²) in [6.45, 7) is 10.5. The molecule has 1 amide bonds. The van der Waals surface area contributed by atoms with Gasteiger partial charge in [0, 0.05) is 31.9 Å². The van der Waals surface area contributed by atoms with Crippen LogP contribution in [0.1, 0.15) is 54.5 Å². The number of hydrogen-bond donors (Lipinski definition) is 2. The molecule has 2 unspecified atom stereocenters. The Bertz CT molecular complexity index is 1170. The molecule has 0 radical (unpaired) electrons. The summed E-state index contributed by atoms with van der Waals surface area (Å²) in [5.41, 5.74) is 4.45. The summed E-state index contributed by atoms with van der Waals surface area (Å²) in [7, 11) is 1.53. The van der Waals surface area contributed by atoms with Gasteiger partial charge in [0.1, 0.15) is 11.4 Å². The van der Waals surface area contributed by atoms with Gasteiger partial charge in [-0.05, 0) is 42.0 Å². The second kappa shape index (κ2) is 10.2. The second-order valence-corrected chi connectivity index (χ2v) is 10.3. The third-order valence-electron chi connectivity index (χ3n) is 6.32. The fourth-order valence-corrected chi connectivity index (χ4v) is 4.48. The van der Waals surface area contributed by atoms with Gasteiger partial charge in [0.15, 0.2) is 0 Å². The van der Waals surface area contributed by atoms with Crippen molar-refractivity contribution in [2.24, 2.45) is 0 Å². The van der Waals surface area contributed by atoms with Gasteiger partial charge in [-0.15, -0.1) is 0 Å². The molecule has 1 saturated heterocycles. The average Bonchev–Trinajstić information content (AvgIpc) is 3.24. The summed E-state index contributed by atoms with van der Waals surface area (Å²) >= 11 is 0. The van der Waals surface area contributed by atoms with Crippen LogP contribution in [0, 0.1) is 6.92 Å². The summed E-state index contributed by atoms with van der Waals surface area (Å²) in [4.78, 5) is 23.8. The van der Waals surface area contributed by atoms with Crippen LogP contribution in [0.5, 0.6) is 5.88 Å². The van der Waals surface area contributed by atoms with Gasteiger partial charge in [-0.3, -0.25) is 9.69 Å². The first-order valence-electron chi connectivity index (χ1n) is 12.0. The largest absolute Gasteiger partial charge is 0.479 e. The van der Waals surface area contributed by atoms with Gasteiger partial charge in [0.2, 0.25) is 5.88 Å². The van der Waals surface area contributed by atoms with Crippen molar-refractivity contribution in [1.82, 2.24) is 24.8 Å². The van der Waals surface area contributed by atoms with Crippen LogP contribution < -0.4 is 10.1 Å². The standard InChI is InChI=1S/C27H35N5O3/c1-18-13-32(17-28-18)24-11-10-23(30-26(24)35-5)25(34)29-21-12-22(33)16-31(15-21)14-19-6-8-20(9-7-19)27(2,3)4/h6-11,13,17,21-22,33H,12,14-16H2,1-5H3,(H,29,34). The van der Waals surface area contributed by atoms with Gasteiger partial charge in [-0.25, -0.2) is 9.97 Å². The summed E-state index contributed by atoms with van der Waals surface area (Å²) in [6.07, 6.45) is 3.56. The molecule has 0 bridgehead atoms. The number of aryl methyl sites for hydroxylation is 1. The van der Waals surface area contributed by atoms with E-state index in [0.29, 0.717) is 31.1 Å². The number of aliphatic hydroxyl groups is 1. The van der Waals surface area contributed by atoms with Gasteiger partial charge in [0.05, 0.1) is 25.2 Å². The van der Waals surface area contributed by atoms with Crippen molar-refractivity contribution in [3.05, 3.63) is 71.4 Å². The van der Waals surface area contributed by atoms with E-state index in [4.69, 9.17) is 4.74 Å². The third-order valence-corrected chi connectivity index (χ3v) is 6.32. The molecule has 0 spiro atoms. The van der Waals surface area contributed by atoms with Crippen molar-refractivity contribution in [1.29, 1.82) is 0 Å². The van der Waals surface area contributed by atoms with Crippen LogP contribution in [-0.4, -0.2) is 62.8 Å². The molecule has 8 nitrogen and oxygen atoms in total. The number of nitrogens with zero attached hydrogens (tertiary/aromatic N) is 4. The van der Waals surface area contributed by atoms with E-state index >= 15 is 0 Å². The van der Waals surface area contributed by atoms with Crippen LogP contribution in [0.25, 0.3) is 5.69 Å². The van der Waals surface area contributed by atoms with Gasteiger partial charge in [0.25, 0.3) is 5.91 Å². The quantitative estimate of drug-likeness (QED) is 0.566. The molecule has 8 heteroatoms. The maximum atomic E-state index is 13.0. The Labute approximate surface area is 207 Å². The number of aromatic nitrogens is 3. The number of aliphatic hydroxyl groups excluding tert-OH is 1. The predicted octanol–water partition coefficient (Wildman–Crippen LogP) is 3.25. The highest BCUT2D eigenvalue weighted by molar-refractivity contribution is 5.92. The Hall–Kier alpha value is -3.23. The highest BCUT2D eigenvalue weighted by atomic mass is 16.5. The fourth-order valence-electron chi connectivity index (χ4n) is 4.48. The van der Waals surface area contributed by atoms with Crippen LogP contribution >= 0.6 is 0 Å². The molecule has 1 aliphatic heterocycles. The molecule has 1 aliphatic rings. The first kappa shape index (κ1) is 24.9. The molecule has 4 rings (SSSR count). The number of hydrogen-bond acceptors (Lipinski definition) is 6. The number of piperidine rings is 1. The maximum Gasteiger partial charge on any atom is 0.270 e. The Balaban J connectivity index is 1.41. The average molecular weight is 478 g/mol. The minimum atomic E-state index is -0.503. The number of amides is 1. The Morgan fingerprint density at radius 2 is 1.91 bits per heavy atom. The predicted molar refractivity (Wildman–Crippen MR) is 135 cm³/mol. The number of nitrogens with one attached hydrogen (secondary N) is 1. The molecule has 2 atom stereocenters. The SMILES string of the molecule is COc1nc(C(=O)NC2CC(O)CN(Cc3ccc(C(C)(C)C)cc3)C2)ccc1-n1cnc(C)c1. The highest BCUT2D eigenvalue weighted by Crippen LogP contribution is 2.24. The normalized spacial score (nSPS) is 18.9. The van der Waals surface area contributed by atoms with Crippen LogP contribution in [0.4, 0.5) is 0 Å². The Kier molecular flexibility index (Phi) is 7.23. The minimum absolute atomic E-state index is 0.113. The Morgan fingerprint density at radius 3 is 2.54 bits per heavy atom. The van der Waals surface area contributed by atoms with E-state index in [2.05, 4.69) is 65.2 Å². The van der Waals surface area contributed by atoms with Gasteiger partial charge >= 0.3 is 0 Å². The van der Waals surface area contributed by atoms with Gasteiger partial charge in [-0.1, -0.05) is 45.0 Å². The maximum absolute atomic E-state index is 13.0. The minimum Gasteiger partial charge on any atom is -0.479 e. The lowest BCUT2D eigenvalue weighted by molar-refractivity contribution is 0.0458. The molecule has 1 aromatic carbocycles. The molecule has 3 heterocycles. The smallest absolute Gasteiger partial charge is 0.270 e. The molecular formula is C27H35N5O3. The number of carbonyl (C=O) groups excluding carboxylic acids is 1. The van der Waals surface area contributed by atoms with E-state index in [1.165, 1.54) is 18.2 Å². The van der Waals surface area contributed by atoms with Gasteiger partial charge < -0.3 is 19.7 Å². The molecule has 0 saturated carbocycles. The van der Waals surface area contributed by atoms with E-state index in [-0.39, 0.29) is 23.1 Å². The fraction of sp³-hybridized carbons (Fsp3) is 0.444. The van der Waals surface area contributed by atoms with Crippen molar-refractivity contribution in [3.8, 4) is 11.6 Å². The van der Waals surface area contributed by atoms with Crippen LogP contribution in [0.2, 0.25) is 0 Å². The van der Waals surface area contributed by atoms with E-state index in [0.717, 1.165) is 12.2 Å². The number of likely N-dealkylation sites (tertiary alicyclic amines) is 1. The monoisotopic (exact) mass is 477 g/mol. The van der Waals surface area contributed by atoms with E-state index in [1.54, 1.807) is 18.5 Å². The highest BCUT2D eigenvalue weighted by Gasteiger charge is 2.28. The lowest BCUT2D eigenvalue weighted by Gasteiger charge is -2.36. The number of imidazole rings is 1. The number of β-amino-alcohol motifs (C(OH)–C–C–N with tert-alkyl or cyclic N) is 1. The number of methoxy groups -OCH3 is 1. The third kappa shape index (κ3) is 6.07. The van der Waals surface area contributed by atoms with Crippen molar-refractivity contribution in [3.63, 3.8) is 0 Å². The van der Waals surface area contributed by atoms with Crippen LogP contribution in [0.15, 0.2) is 48.9 Å². The molecule has 2 N–H and O–H groups in total. The summed E-state index contributed by atoms with van der Waals surface area (Å²) in [5.74, 6) is 0.0595. The molecule has 1 fully saturated rings.